The Morgan fingerprint density at radius 3 is 2.53 bits per heavy atom. The lowest BCUT2D eigenvalue weighted by atomic mass is 10.1. The first-order valence-corrected chi connectivity index (χ1v) is 7.42. The first-order valence-electron chi connectivity index (χ1n) is 5.94. The number of nitriles is 1. The number of benzene rings is 1. The highest BCUT2D eigenvalue weighted by atomic mass is 32.2. The predicted octanol–water partition coefficient (Wildman–Crippen LogP) is 1.10. The Balaban J connectivity index is 2.95. The average molecular weight is 281 g/mol. The highest BCUT2D eigenvalue weighted by Crippen LogP contribution is 2.15. The quantitative estimate of drug-likeness (QED) is 0.877. The summed E-state index contributed by atoms with van der Waals surface area (Å²) in [5, 5.41) is 8.84. The van der Waals surface area contributed by atoms with Crippen molar-refractivity contribution in [3.8, 4) is 6.07 Å². The van der Waals surface area contributed by atoms with Gasteiger partial charge in [-0.3, -0.25) is 0 Å². The Morgan fingerprint density at radius 2 is 2.05 bits per heavy atom. The van der Waals surface area contributed by atoms with Crippen molar-refractivity contribution in [1.82, 2.24) is 9.62 Å². The van der Waals surface area contributed by atoms with Gasteiger partial charge in [0.05, 0.1) is 16.5 Å². The summed E-state index contributed by atoms with van der Waals surface area (Å²) in [6, 6.07) is 6.33. The predicted molar refractivity (Wildman–Crippen MR) is 74.2 cm³/mol. The van der Waals surface area contributed by atoms with Crippen molar-refractivity contribution in [2.45, 2.75) is 24.8 Å². The Morgan fingerprint density at radius 1 is 1.42 bits per heavy atom. The van der Waals surface area contributed by atoms with E-state index < -0.39 is 10.0 Å². The smallest absolute Gasteiger partial charge is 0.240 e. The maximum atomic E-state index is 12.2. The van der Waals surface area contributed by atoms with E-state index in [4.69, 9.17) is 5.26 Å². The third-order valence-electron chi connectivity index (χ3n) is 2.62. The standard InChI is InChI=1S/C13H19N3O2S/c1-10-7-13(6-5-12(10)8-14)19(17,18)15-11(2)9-16(3)4/h5-7,11,15H,9H2,1-4H3. The molecule has 0 radical (unpaired) electrons. The molecule has 0 bridgehead atoms. The van der Waals surface area contributed by atoms with Crippen LogP contribution in [0.4, 0.5) is 0 Å². The summed E-state index contributed by atoms with van der Waals surface area (Å²) in [5.74, 6) is 0. The molecule has 104 valence electrons. The number of rotatable bonds is 5. The van der Waals surface area contributed by atoms with Gasteiger partial charge in [-0.2, -0.15) is 5.26 Å². The number of nitrogens with zero attached hydrogens (tertiary/aromatic N) is 2. The number of likely N-dealkylation sites (N-methyl/N-ethyl adjacent to an activating group) is 1. The van der Waals surface area contributed by atoms with Crippen molar-refractivity contribution in [2.24, 2.45) is 0 Å². The topological polar surface area (TPSA) is 73.2 Å². The summed E-state index contributed by atoms with van der Waals surface area (Å²) >= 11 is 0. The monoisotopic (exact) mass is 281 g/mol. The van der Waals surface area contributed by atoms with Gasteiger partial charge in [0.15, 0.2) is 0 Å². The van der Waals surface area contributed by atoms with Gasteiger partial charge < -0.3 is 4.90 Å². The van der Waals surface area contributed by atoms with Crippen LogP contribution in [-0.2, 0) is 10.0 Å². The molecule has 1 aromatic carbocycles. The van der Waals surface area contributed by atoms with Gasteiger partial charge >= 0.3 is 0 Å². The molecule has 0 aromatic heterocycles. The van der Waals surface area contributed by atoms with Crippen molar-refractivity contribution in [2.75, 3.05) is 20.6 Å². The molecule has 0 heterocycles. The van der Waals surface area contributed by atoms with Crippen molar-refractivity contribution >= 4 is 10.0 Å². The second-order valence-corrected chi connectivity index (χ2v) is 6.59. The van der Waals surface area contributed by atoms with Gasteiger partial charge in [0.1, 0.15) is 0 Å². The van der Waals surface area contributed by atoms with Crippen LogP contribution in [0.3, 0.4) is 0 Å². The number of nitrogens with one attached hydrogen (secondary N) is 1. The Kier molecular flexibility index (Phi) is 5.06. The van der Waals surface area contributed by atoms with Crippen LogP contribution in [0, 0.1) is 18.3 Å². The van der Waals surface area contributed by atoms with Crippen LogP contribution in [0.1, 0.15) is 18.1 Å². The zero-order chi connectivity index (χ0) is 14.6. The largest absolute Gasteiger partial charge is 0.308 e. The highest BCUT2D eigenvalue weighted by Gasteiger charge is 2.18. The fraction of sp³-hybridized carbons (Fsp3) is 0.462. The number of sulfonamides is 1. The molecular weight excluding hydrogens is 262 g/mol. The fourth-order valence-electron chi connectivity index (χ4n) is 1.85. The zero-order valence-electron chi connectivity index (χ0n) is 11.6. The maximum absolute atomic E-state index is 12.2. The molecule has 6 heteroatoms. The minimum atomic E-state index is -3.54. The van der Waals surface area contributed by atoms with Gasteiger partial charge in [-0.1, -0.05) is 0 Å². The lowest BCUT2D eigenvalue weighted by molar-refractivity contribution is 0.370. The molecule has 19 heavy (non-hydrogen) atoms. The fourth-order valence-corrected chi connectivity index (χ4v) is 3.17. The van der Waals surface area contributed by atoms with E-state index in [1.807, 2.05) is 32.0 Å². The molecule has 5 nitrogen and oxygen atoms in total. The first-order chi connectivity index (χ1) is 8.76. The second-order valence-electron chi connectivity index (χ2n) is 4.87. The summed E-state index contributed by atoms with van der Waals surface area (Å²) in [4.78, 5) is 2.10. The van der Waals surface area contributed by atoms with Gasteiger partial charge in [-0.25, -0.2) is 13.1 Å². The molecule has 1 N–H and O–H groups in total. The Hall–Kier alpha value is -1.42. The van der Waals surface area contributed by atoms with E-state index in [1.54, 1.807) is 6.92 Å². The molecule has 1 unspecified atom stereocenters. The maximum Gasteiger partial charge on any atom is 0.240 e. The lowest BCUT2D eigenvalue weighted by Gasteiger charge is -2.18. The van der Waals surface area contributed by atoms with Crippen LogP contribution in [0.25, 0.3) is 0 Å². The van der Waals surface area contributed by atoms with Crippen LogP contribution in [0.5, 0.6) is 0 Å². The number of aryl methyl sites for hydroxylation is 1. The van der Waals surface area contributed by atoms with E-state index in [-0.39, 0.29) is 10.9 Å². The Bertz CT molecular complexity index is 588. The third kappa shape index (κ3) is 4.31. The number of hydrogen-bond donors (Lipinski definition) is 1. The number of hydrogen-bond acceptors (Lipinski definition) is 4. The molecule has 0 spiro atoms. The summed E-state index contributed by atoms with van der Waals surface area (Å²) in [6.45, 7) is 4.16. The van der Waals surface area contributed by atoms with E-state index >= 15 is 0 Å². The molecule has 0 fully saturated rings. The molecular formula is C13H19N3O2S. The van der Waals surface area contributed by atoms with Crippen molar-refractivity contribution in [1.29, 1.82) is 5.26 Å². The molecule has 1 atom stereocenters. The molecule has 0 aliphatic heterocycles. The molecule has 0 saturated carbocycles. The highest BCUT2D eigenvalue weighted by molar-refractivity contribution is 7.89. The second kappa shape index (κ2) is 6.15. The van der Waals surface area contributed by atoms with Crippen LogP contribution >= 0.6 is 0 Å². The average Bonchev–Trinajstić information content (AvgIpc) is 2.26. The van der Waals surface area contributed by atoms with Gasteiger partial charge in [0, 0.05) is 12.6 Å². The Labute approximate surface area is 114 Å². The minimum Gasteiger partial charge on any atom is -0.308 e. The zero-order valence-corrected chi connectivity index (χ0v) is 12.5. The van der Waals surface area contributed by atoms with Gasteiger partial charge in [-0.05, 0) is 51.7 Å². The van der Waals surface area contributed by atoms with Crippen molar-refractivity contribution in [3.63, 3.8) is 0 Å². The van der Waals surface area contributed by atoms with Crippen LogP contribution < -0.4 is 4.72 Å². The van der Waals surface area contributed by atoms with Crippen molar-refractivity contribution < 1.29 is 8.42 Å². The summed E-state index contributed by atoms with van der Waals surface area (Å²) in [7, 11) is 0.232. The molecule has 1 rings (SSSR count). The van der Waals surface area contributed by atoms with Crippen molar-refractivity contribution in [3.05, 3.63) is 29.3 Å². The third-order valence-corrected chi connectivity index (χ3v) is 4.21. The van der Waals surface area contributed by atoms with Gasteiger partial charge in [0.25, 0.3) is 0 Å². The molecule has 0 amide bonds. The van der Waals surface area contributed by atoms with Crippen LogP contribution in [0.15, 0.2) is 23.1 Å². The van der Waals surface area contributed by atoms with E-state index in [9.17, 15) is 8.42 Å². The summed E-state index contributed by atoms with van der Waals surface area (Å²) in [5.41, 5.74) is 1.14. The van der Waals surface area contributed by atoms with E-state index in [2.05, 4.69) is 4.72 Å². The van der Waals surface area contributed by atoms with Gasteiger partial charge in [-0.15, -0.1) is 0 Å². The summed E-state index contributed by atoms with van der Waals surface area (Å²) in [6.07, 6.45) is 0. The molecule has 0 saturated heterocycles. The molecule has 1 aromatic rings. The summed E-state index contributed by atoms with van der Waals surface area (Å²) < 4.78 is 26.9. The molecule has 0 aliphatic rings. The molecule has 0 aliphatic carbocycles. The van der Waals surface area contributed by atoms with Gasteiger partial charge in [0.2, 0.25) is 10.0 Å². The lowest BCUT2D eigenvalue weighted by Crippen LogP contribution is -2.39. The van der Waals surface area contributed by atoms with Crippen LogP contribution in [0.2, 0.25) is 0 Å². The van der Waals surface area contributed by atoms with Crippen LogP contribution in [-0.4, -0.2) is 40.0 Å². The minimum absolute atomic E-state index is 0.184. The first kappa shape index (κ1) is 15.6. The van der Waals surface area contributed by atoms with E-state index in [1.165, 1.54) is 18.2 Å². The normalized spacial score (nSPS) is 13.3. The SMILES string of the molecule is Cc1cc(S(=O)(=O)NC(C)CN(C)C)ccc1C#N. The van der Waals surface area contributed by atoms with E-state index in [0.717, 1.165) is 0 Å². The van der Waals surface area contributed by atoms with E-state index in [0.29, 0.717) is 17.7 Å².